The van der Waals surface area contributed by atoms with Gasteiger partial charge in [-0.2, -0.15) is 0 Å². The van der Waals surface area contributed by atoms with Gasteiger partial charge in [-0.1, -0.05) is 25.5 Å². The van der Waals surface area contributed by atoms with Gasteiger partial charge in [-0.25, -0.2) is 4.79 Å². The van der Waals surface area contributed by atoms with Gasteiger partial charge in [0.15, 0.2) is 0 Å². The average molecular weight is 532 g/mol. The molecule has 1 aliphatic heterocycles. The summed E-state index contributed by atoms with van der Waals surface area (Å²) < 4.78 is 16.9. The summed E-state index contributed by atoms with van der Waals surface area (Å²) in [6, 6.07) is 13.5. The molecule has 1 saturated carbocycles. The molecule has 0 spiro atoms. The molecule has 8 heteroatoms. The second-order valence-electron chi connectivity index (χ2n) is 10.6. The number of benzene rings is 2. The molecular weight excluding hydrogens is 494 g/mol. The highest BCUT2D eigenvalue weighted by molar-refractivity contribution is 5.97. The smallest absolute Gasteiger partial charge is 0.410 e. The van der Waals surface area contributed by atoms with Crippen molar-refractivity contribution in [1.29, 1.82) is 0 Å². The van der Waals surface area contributed by atoms with Crippen LogP contribution in [0.3, 0.4) is 0 Å². The second kappa shape index (κ2) is 11.1. The Morgan fingerprint density at radius 1 is 1.10 bits per heavy atom. The molecule has 0 radical (unpaired) electrons. The van der Waals surface area contributed by atoms with Crippen molar-refractivity contribution < 1.29 is 23.8 Å². The fraction of sp³-hybridized carbons (Fsp3) is 0.452. The molecule has 1 aliphatic carbocycles. The number of amides is 2. The Labute approximate surface area is 229 Å². The van der Waals surface area contributed by atoms with Crippen LogP contribution in [0.2, 0.25) is 0 Å². The number of nitrogens with one attached hydrogen (secondary N) is 1. The van der Waals surface area contributed by atoms with Crippen molar-refractivity contribution >= 4 is 22.9 Å². The Hall–Kier alpha value is -3.81. The number of hydrogen-bond acceptors (Lipinski definition) is 6. The van der Waals surface area contributed by atoms with Crippen LogP contribution in [0.4, 0.5) is 4.79 Å². The largest absolute Gasteiger partial charge is 0.497 e. The molecule has 2 amide bonds. The van der Waals surface area contributed by atoms with E-state index in [4.69, 9.17) is 14.2 Å². The quantitative estimate of drug-likeness (QED) is 0.339. The highest BCUT2D eigenvalue weighted by atomic mass is 16.6. The molecule has 2 heterocycles. The number of hydrogen-bond donors (Lipinski definition) is 1. The predicted octanol–water partition coefficient (Wildman–Crippen LogP) is 5.67. The predicted molar refractivity (Wildman–Crippen MR) is 149 cm³/mol. The lowest BCUT2D eigenvalue weighted by Gasteiger charge is -2.39. The minimum atomic E-state index is -0.464. The van der Waals surface area contributed by atoms with Crippen molar-refractivity contribution in [2.45, 2.75) is 64.5 Å². The summed E-state index contributed by atoms with van der Waals surface area (Å²) in [5.41, 5.74) is 3.79. The van der Waals surface area contributed by atoms with E-state index in [0.717, 1.165) is 65.6 Å². The third kappa shape index (κ3) is 5.65. The van der Waals surface area contributed by atoms with Crippen LogP contribution in [0.1, 0.15) is 66.2 Å². The number of aromatic nitrogens is 1. The molecule has 1 atom stereocenters. The van der Waals surface area contributed by atoms with E-state index in [2.05, 4.69) is 23.3 Å². The zero-order valence-electron chi connectivity index (χ0n) is 23.2. The van der Waals surface area contributed by atoms with Gasteiger partial charge in [-0.05, 0) is 74.9 Å². The Morgan fingerprint density at radius 3 is 2.62 bits per heavy atom. The van der Waals surface area contributed by atoms with Gasteiger partial charge in [0.2, 0.25) is 0 Å². The first-order valence-corrected chi connectivity index (χ1v) is 13.8. The minimum absolute atomic E-state index is 0.0222. The summed E-state index contributed by atoms with van der Waals surface area (Å²) in [7, 11) is 1.64. The van der Waals surface area contributed by atoms with Gasteiger partial charge in [0.25, 0.3) is 5.91 Å². The molecule has 1 saturated heterocycles. The van der Waals surface area contributed by atoms with Crippen molar-refractivity contribution in [2.24, 2.45) is 0 Å². The molecule has 3 aromatic rings. The van der Waals surface area contributed by atoms with Gasteiger partial charge in [0, 0.05) is 29.3 Å². The van der Waals surface area contributed by atoms with Crippen molar-refractivity contribution in [3.05, 3.63) is 64.8 Å². The number of rotatable bonds is 10. The molecule has 8 nitrogen and oxygen atoms in total. The molecule has 206 valence electrons. The summed E-state index contributed by atoms with van der Waals surface area (Å²) in [5, 5.41) is 4.33. The molecule has 1 aromatic heterocycles. The first-order chi connectivity index (χ1) is 18.8. The maximum absolute atomic E-state index is 13.6. The SMILES string of the molecule is CCCCOC(=O)N1CCC1COc1ccc(C)c(C(=O)NC2(c3cc(OC)cc4nc(C)ccc34)CC2)c1. The zero-order valence-corrected chi connectivity index (χ0v) is 23.2. The van der Waals surface area contributed by atoms with E-state index in [9.17, 15) is 9.59 Å². The summed E-state index contributed by atoms with van der Waals surface area (Å²) in [6.45, 7) is 7.43. The van der Waals surface area contributed by atoms with Crippen molar-refractivity contribution in [3.63, 3.8) is 0 Å². The summed E-state index contributed by atoms with van der Waals surface area (Å²) in [6.07, 6.45) is 4.12. The molecule has 0 bridgehead atoms. The lowest BCUT2D eigenvalue weighted by molar-refractivity contribution is 0.0289. The standard InChI is InChI=1S/C31H37N3O5/c1-5-6-15-38-30(36)34-14-11-22(34)19-39-23-9-7-20(2)26(16-23)29(35)33-31(12-13-31)27-17-24(37-4)18-28-25(27)10-8-21(3)32-28/h7-10,16-18,22H,5-6,11-15,19H2,1-4H3,(H,33,35). The van der Waals surface area contributed by atoms with E-state index in [-0.39, 0.29) is 18.0 Å². The summed E-state index contributed by atoms with van der Waals surface area (Å²) in [5.74, 6) is 1.19. The normalized spacial score (nSPS) is 17.3. The van der Waals surface area contributed by atoms with Gasteiger partial charge >= 0.3 is 6.09 Å². The van der Waals surface area contributed by atoms with Gasteiger partial charge < -0.3 is 24.4 Å². The topological polar surface area (TPSA) is 90.0 Å². The number of aryl methyl sites for hydroxylation is 2. The lowest BCUT2D eigenvalue weighted by Crippen LogP contribution is -2.54. The first kappa shape index (κ1) is 26.8. The molecule has 5 rings (SSSR count). The Balaban J connectivity index is 1.28. The number of unbranched alkanes of at least 4 members (excludes halogenated alkanes) is 1. The number of ether oxygens (including phenoxy) is 3. The maximum Gasteiger partial charge on any atom is 0.410 e. The van der Waals surface area contributed by atoms with Crippen LogP contribution in [0.15, 0.2) is 42.5 Å². The summed E-state index contributed by atoms with van der Waals surface area (Å²) >= 11 is 0. The molecule has 1 N–H and O–H groups in total. The number of carbonyl (C=O) groups is 2. The van der Waals surface area contributed by atoms with Crippen LogP contribution >= 0.6 is 0 Å². The molecule has 1 unspecified atom stereocenters. The molecule has 2 fully saturated rings. The highest BCUT2D eigenvalue weighted by Gasteiger charge is 2.47. The van der Waals surface area contributed by atoms with E-state index in [1.165, 1.54) is 0 Å². The number of nitrogens with zero attached hydrogens (tertiary/aromatic N) is 2. The number of fused-ring (bicyclic) bond motifs is 1. The Bertz CT molecular complexity index is 1380. The van der Waals surface area contributed by atoms with Crippen LogP contribution in [-0.4, -0.2) is 54.8 Å². The number of carbonyl (C=O) groups excluding carboxylic acids is 2. The minimum Gasteiger partial charge on any atom is -0.497 e. The number of likely N-dealkylation sites (tertiary alicyclic amines) is 1. The van der Waals surface area contributed by atoms with Gasteiger partial charge in [-0.15, -0.1) is 0 Å². The maximum atomic E-state index is 13.6. The molecule has 2 aliphatic rings. The van der Waals surface area contributed by atoms with Crippen LogP contribution in [-0.2, 0) is 10.3 Å². The fourth-order valence-electron chi connectivity index (χ4n) is 5.07. The highest BCUT2D eigenvalue weighted by Crippen LogP contribution is 2.49. The van der Waals surface area contributed by atoms with E-state index >= 15 is 0 Å². The van der Waals surface area contributed by atoms with Gasteiger partial charge in [-0.3, -0.25) is 9.78 Å². The molecule has 2 aromatic carbocycles. The van der Waals surface area contributed by atoms with Crippen molar-refractivity contribution in [2.75, 3.05) is 26.9 Å². The number of pyridine rings is 1. The third-order valence-corrected chi connectivity index (χ3v) is 7.77. The van der Waals surface area contributed by atoms with E-state index in [1.54, 1.807) is 18.1 Å². The van der Waals surface area contributed by atoms with Gasteiger partial charge in [0.05, 0.1) is 30.8 Å². The molecule has 39 heavy (non-hydrogen) atoms. The average Bonchev–Trinajstić information content (AvgIpc) is 3.68. The Kier molecular flexibility index (Phi) is 7.64. The lowest BCUT2D eigenvalue weighted by atomic mass is 9.97. The fourth-order valence-corrected chi connectivity index (χ4v) is 5.07. The van der Waals surface area contributed by atoms with Crippen molar-refractivity contribution in [3.8, 4) is 11.5 Å². The summed E-state index contributed by atoms with van der Waals surface area (Å²) in [4.78, 5) is 32.3. The van der Waals surface area contributed by atoms with Crippen molar-refractivity contribution in [1.82, 2.24) is 15.2 Å². The monoisotopic (exact) mass is 531 g/mol. The Morgan fingerprint density at radius 2 is 1.92 bits per heavy atom. The van der Waals surface area contributed by atoms with E-state index in [1.807, 2.05) is 44.2 Å². The first-order valence-electron chi connectivity index (χ1n) is 13.8. The number of methoxy groups -OCH3 is 1. The van der Waals surface area contributed by atoms with E-state index in [0.29, 0.717) is 31.1 Å². The zero-order chi connectivity index (χ0) is 27.6. The van der Waals surface area contributed by atoms with E-state index < -0.39 is 5.54 Å². The third-order valence-electron chi connectivity index (χ3n) is 7.77. The van der Waals surface area contributed by atoms with Crippen LogP contribution in [0.25, 0.3) is 10.9 Å². The van der Waals surface area contributed by atoms with Crippen LogP contribution < -0.4 is 14.8 Å². The van der Waals surface area contributed by atoms with Gasteiger partial charge in [0.1, 0.15) is 18.1 Å². The van der Waals surface area contributed by atoms with Crippen LogP contribution in [0, 0.1) is 13.8 Å². The molecular formula is C31H37N3O5. The second-order valence-corrected chi connectivity index (χ2v) is 10.6. The van der Waals surface area contributed by atoms with Crippen LogP contribution in [0.5, 0.6) is 11.5 Å².